The summed E-state index contributed by atoms with van der Waals surface area (Å²) >= 11 is 0. The molecule has 0 radical (unpaired) electrons. The van der Waals surface area contributed by atoms with Gasteiger partial charge in [-0.2, -0.15) is 0 Å². The first kappa shape index (κ1) is 40.3. The number of hydrogen-bond donors (Lipinski definition) is 4. The summed E-state index contributed by atoms with van der Waals surface area (Å²) in [6.07, 6.45) is 4.44. The Hall–Kier alpha value is -2.88. The molecular formula is C24H40N5O6W-. The predicted molar refractivity (Wildman–Crippen MR) is 137 cm³/mol. The van der Waals surface area contributed by atoms with Crippen molar-refractivity contribution in [2.75, 3.05) is 40.4 Å². The van der Waals surface area contributed by atoms with Crippen molar-refractivity contribution in [3.8, 4) is 5.75 Å². The number of nitrogens with one attached hydrogen (secondary N) is 4. The first-order valence-corrected chi connectivity index (χ1v) is 11.2. The predicted octanol–water partition coefficient (Wildman–Crippen LogP) is 1.22. The zero-order valence-electron chi connectivity index (χ0n) is 21.7. The van der Waals surface area contributed by atoms with Gasteiger partial charge in [0.25, 0.3) is 0 Å². The molecule has 1 rings (SSSR count). The van der Waals surface area contributed by atoms with E-state index in [0.29, 0.717) is 24.9 Å². The van der Waals surface area contributed by atoms with Gasteiger partial charge in [0.2, 0.25) is 17.7 Å². The number of allylic oxidation sites excluding steroid dienone is 1. The van der Waals surface area contributed by atoms with Gasteiger partial charge in [0.1, 0.15) is 18.3 Å². The number of amides is 3. The summed E-state index contributed by atoms with van der Waals surface area (Å²) in [6.45, 7) is 6.54. The Labute approximate surface area is 228 Å². The fourth-order valence-electron chi connectivity index (χ4n) is 1.93. The first-order chi connectivity index (χ1) is 16.7. The third kappa shape index (κ3) is 27.4. The minimum atomic E-state index is -0.352. The summed E-state index contributed by atoms with van der Waals surface area (Å²) in [4.78, 5) is 53.9. The number of carbonyl (C=O) groups excluding carboxylic acids is 5. The van der Waals surface area contributed by atoms with Gasteiger partial charge in [0.15, 0.2) is 0 Å². The third-order valence-corrected chi connectivity index (χ3v) is 3.72. The molecule has 3 amide bonds. The maximum atomic E-state index is 11.2. The molecule has 0 spiro atoms. The van der Waals surface area contributed by atoms with E-state index in [2.05, 4.69) is 22.9 Å². The molecule has 0 heterocycles. The number of hydrogen-bond acceptors (Lipinski definition) is 7. The number of aryl methyl sites for hydroxylation is 1. The first-order valence-electron chi connectivity index (χ1n) is 11.2. The number of likely N-dealkylation sites (N-methyl/N-ethyl adjacent to an activating group) is 2. The van der Waals surface area contributed by atoms with Gasteiger partial charge in [-0.1, -0.05) is 39.6 Å². The number of rotatable bonds is 11. The smallest absolute Gasteiger partial charge is 0.246 e. The number of phenolic OH excluding ortho intramolecular Hbond substituents is 1. The minimum absolute atomic E-state index is 0. The van der Waals surface area contributed by atoms with Crippen molar-refractivity contribution in [2.45, 2.75) is 33.6 Å². The number of carbonyl (C=O) groups is 5. The van der Waals surface area contributed by atoms with Crippen LogP contribution in [0.3, 0.4) is 0 Å². The van der Waals surface area contributed by atoms with E-state index in [1.165, 1.54) is 17.5 Å². The monoisotopic (exact) mass is 678 g/mol. The molecule has 0 saturated heterocycles. The quantitative estimate of drug-likeness (QED) is 0.202. The molecule has 0 fully saturated rings. The van der Waals surface area contributed by atoms with Crippen molar-refractivity contribution in [1.29, 1.82) is 0 Å². The fraction of sp³-hybridized carbons (Fsp3) is 0.458. The molecule has 0 aliphatic rings. The van der Waals surface area contributed by atoms with Crippen LogP contribution in [0.15, 0.2) is 36.4 Å². The summed E-state index contributed by atoms with van der Waals surface area (Å²) in [7, 11) is 3.20. The van der Waals surface area contributed by atoms with Crippen molar-refractivity contribution >= 4 is 30.3 Å². The molecular weight excluding hydrogens is 638 g/mol. The number of benzene rings is 1. The van der Waals surface area contributed by atoms with Gasteiger partial charge in [0.05, 0.1) is 13.1 Å². The van der Waals surface area contributed by atoms with Crippen LogP contribution in [0, 0.1) is 0 Å². The molecule has 0 aliphatic heterocycles. The van der Waals surface area contributed by atoms with E-state index in [1.54, 1.807) is 19.2 Å². The number of aromatic hydroxyl groups is 1. The molecule has 12 heteroatoms. The van der Waals surface area contributed by atoms with E-state index in [4.69, 9.17) is 10.8 Å². The average Bonchev–Trinajstić information content (AvgIpc) is 2.87. The number of nitrogens with zero attached hydrogens (tertiary/aromatic N) is 1. The van der Waals surface area contributed by atoms with E-state index in [9.17, 15) is 24.0 Å². The molecule has 0 saturated carbocycles. The summed E-state index contributed by atoms with van der Waals surface area (Å²) in [5.74, 6) is -0.448. The van der Waals surface area contributed by atoms with Crippen LogP contribution >= 0.6 is 0 Å². The minimum Gasteiger partial charge on any atom is -0.660 e. The summed E-state index contributed by atoms with van der Waals surface area (Å²) in [5, 5.41) is 16.2. The standard InChI is InChI=1S/C10H14N2O4.C8H10O.C4H10N3O.C2H6.W/c1-12(10(16)3-2-7-13)6-4-9(15)11-5-8-14;1-2-7-3-5-8(9)6-4-7;1-6-2-4(8)7-3-5;1-2;/h2-3,7-8H,4-6H2,1H3,(H,11,15);3-6,9H,2H2,1H3;5-6H,2-3H2,1H3,(H,7,8);1-2H3;/q;;-1;;/b3-2-;;;;. The van der Waals surface area contributed by atoms with Gasteiger partial charge < -0.3 is 36.5 Å². The maximum Gasteiger partial charge on any atom is 0.246 e. The van der Waals surface area contributed by atoms with Crippen molar-refractivity contribution in [1.82, 2.24) is 20.9 Å². The van der Waals surface area contributed by atoms with Crippen molar-refractivity contribution < 1.29 is 50.1 Å². The average molecular weight is 678 g/mol. The Morgan fingerprint density at radius 1 is 1.06 bits per heavy atom. The topological polar surface area (TPSA) is 169 Å². The van der Waals surface area contributed by atoms with Crippen LogP contribution in [0.2, 0.25) is 0 Å². The normalized spacial score (nSPS) is 8.83. The second kappa shape index (κ2) is 30.1. The Kier molecular flexibility index (Phi) is 33.7. The van der Waals surface area contributed by atoms with Crippen LogP contribution in [-0.4, -0.2) is 80.7 Å². The molecule has 0 aromatic heterocycles. The summed E-state index contributed by atoms with van der Waals surface area (Å²) in [6, 6.07) is 7.27. The van der Waals surface area contributed by atoms with Gasteiger partial charge in [-0.15, -0.1) is 0 Å². The number of aldehydes is 2. The SMILES string of the molecule is CC.CCc1ccc(O)cc1.CN(CCC(=O)NCC=O)C(=O)/C=C\C=O.CNCC(=O)NC[NH-].[W]. The molecule has 0 unspecified atom stereocenters. The van der Waals surface area contributed by atoms with Gasteiger partial charge >= 0.3 is 0 Å². The second-order valence-corrected chi connectivity index (χ2v) is 6.30. The maximum absolute atomic E-state index is 11.2. The molecule has 0 atom stereocenters. The molecule has 1 aromatic carbocycles. The summed E-state index contributed by atoms with van der Waals surface area (Å²) < 4.78 is 0. The van der Waals surface area contributed by atoms with Gasteiger partial charge in [-0.3, -0.25) is 19.2 Å². The second-order valence-electron chi connectivity index (χ2n) is 6.30. The third-order valence-electron chi connectivity index (χ3n) is 3.72. The molecule has 204 valence electrons. The zero-order valence-corrected chi connectivity index (χ0v) is 24.6. The zero-order chi connectivity index (χ0) is 27.5. The molecule has 0 bridgehead atoms. The van der Waals surface area contributed by atoms with E-state index in [1.807, 2.05) is 26.0 Å². The van der Waals surface area contributed by atoms with Crippen LogP contribution in [0.5, 0.6) is 5.75 Å². The van der Waals surface area contributed by atoms with Crippen LogP contribution in [-0.2, 0) is 51.5 Å². The molecule has 1 aromatic rings. The van der Waals surface area contributed by atoms with Crippen LogP contribution in [0.25, 0.3) is 5.73 Å². The molecule has 36 heavy (non-hydrogen) atoms. The van der Waals surface area contributed by atoms with E-state index < -0.39 is 0 Å². The molecule has 0 aliphatic carbocycles. The number of phenols is 1. The molecule has 11 nitrogen and oxygen atoms in total. The van der Waals surface area contributed by atoms with Gasteiger partial charge in [-0.05, 0) is 37.2 Å². The van der Waals surface area contributed by atoms with E-state index >= 15 is 0 Å². The fourth-order valence-corrected chi connectivity index (χ4v) is 1.93. The molecule has 5 N–H and O–H groups in total. The Morgan fingerprint density at radius 2 is 1.64 bits per heavy atom. The van der Waals surface area contributed by atoms with Gasteiger partial charge in [0, 0.05) is 47.2 Å². The largest absolute Gasteiger partial charge is 0.660 e. The van der Waals surface area contributed by atoms with Crippen LogP contribution < -0.4 is 16.0 Å². The Balaban J connectivity index is -0.000000218. The van der Waals surface area contributed by atoms with E-state index in [-0.39, 0.29) is 65.0 Å². The van der Waals surface area contributed by atoms with Crippen molar-refractivity contribution in [3.63, 3.8) is 0 Å². The van der Waals surface area contributed by atoms with E-state index in [0.717, 1.165) is 18.6 Å². The Morgan fingerprint density at radius 3 is 2.08 bits per heavy atom. The van der Waals surface area contributed by atoms with Crippen LogP contribution in [0.4, 0.5) is 0 Å². The van der Waals surface area contributed by atoms with Crippen molar-refractivity contribution in [2.24, 2.45) is 0 Å². The van der Waals surface area contributed by atoms with Gasteiger partial charge in [-0.25, -0.2) is 0 Å². The van der Waals surface area contributed by atoms with Crippen molar-refractivity contribution in [3.05, 3.63) is 47.7 Å². The Bertz CT molecular complexity index is 737. The summed E-state index contributed by atoms with van der Waals surface area (Å²) in [5.41, 5.74) is 7.81. The van der Waals surface area contributed by atoms with Crippen LogP contribution in [0.1, 0.15) is 32.8 Å².